The van der Waals surface area contributed by atoms with E-state index in [4.69, 9.17) is 0 Å². The zero-order valence-corrected chi connectivity index (χ0v) is 9.12. The summed E-state index contributed by atoms with van der Waals surface area (Å²) in [6.45, 7) is 0. The summed E-state index contributed by atoms with van der Waals surface area (Å²) in [5, 5.41) is 19.0. The van der Waals surface area contributed by atoms with Gasteiger partial charge in [-0.15, -0.1) is 0 Å². The molecule has 0 saturated heterocycles. The molecule has 1 heterocycles. The average molecular weight is 231 g/mol. The van der Waals surface area contributed by atoms with Gasteiger partial charge in [-0.1, -0.05) is 12.1 Å². The average Bonchev–Trinajstić information content (AvgIpc) is 2.36. The van der Waals surface area contributed by atoms with Crippen LogP contribution >= 0.6 is 0 Å². The van der Waals surface area contributed by atoms with Crippen molar-refractivity contribution in [3.63, 3.8) is 0 Å². The number of carbonyl (C=O) groups is 1. The Morgan fingerprint density at radius 1 is 1.35 bits per heavy atom. The minimum atomic E-state index is -1.60. The van der Waals surface area contributed by atoms with Gasteiger partial charge in [-0.2, -0.15) is 0 Å². The molecule has 0 unspecified atom stereocenters. The highest BCUT2D eigenvalue weighted by molar-refractivity contribution is 6.62. The van der Waals surface area contributed by atoms with Crippen molar-refractivity contribution in [2.75, 3.05) is 7.11 Å². The Morgan fingerprint density at radius 3 is 2.76 bits per heavy atom. The number of methoxy groups -OCH3 is 1. The Kier molecular flexibility index (Phi) is 3.08. The molecular weight excluding hydrogens is 221 g/mol. The van der Waals surface area contributed by atoms with E-state index in [0.29, 0.717) is 21.9 Å². The maximum atomic E-state index is 11.5. The summed E-state index contributed by atoms with van der Waals surface area (Å²) in [5.74, 6) is -0.507. The van der Waals surface area contributed by atoms with Gasteiger partial charge in [-0.25, -0.2) is 4.79 Å². The summed E-state index contributed by atoms with van der Waals surface area (Å²) in [6, 6.07) is 6.27. The summed E-state index contributed by atoms with van der Waals surface area (Å²) in [5.41, 5.74) is 0.998. The Labute approximate surface area is 97.8 Å². The van der Waals surface area contributed by atoms with Crippen LogP contribution in [0.15, 0.2) is 30.5 Å². The van der Waals surface area contributed by atoms with Gasteiger partial charge in [0.1, 0.15) is 0 Å². The number of hydrogen-bond acceptors (Lipinski definition) is 5. The van der Waals surface area contributed by atoms with E-state index in [-0.39, 0.29) is 0 Å². The molecule has 6 heteroatoms. The fourth-order valence-corrected chi connectivity index (χ4v) is 1.69. The number of aromatic nitrogens is 1. The minimum absolute atomic E-state index is 0.299. The van der Waals surface area contributed by atoms with Crippen molar-refractivity contribution >= 4 is 29.5 Å². The lowest BCUT2D eigenvalue weighted by molar-refractivity contribution is 0.0603. The topological polar surface area (TPSA) is 79.7 Å². The monoisotopic (exact) mass is 231 g/mol. The van der Waals surface area contributed by atoms with E-state index in [1.807, 2.05) is 0 Å². The van der Waals surface area contributed by atoms with E-state index >= 15 is 0 Å². The standard InChI is InChI=1S/C11H10BNO4/c1-17-11(14)8-4-5-9(12(15)16)7-3-2-6-13-10(7)8/h2-6,15-16H,1H3. The molecule has 0 spiro atoms. The van der Waals surface area contributed by atoms with Crippen LogP contribution < -0.4 is 5.46 Å². The van der Waals surface area contributed by atoms with Crippen molar-refractivity contribution in [3.8, 4) is 0 Å². The summed E-state index contributed by atoms with van der Waals surface area (Å²) in [7, 11) is -0.320. The lowest BCUT2D eigenvalue weighted by Gasteiger charge is -2.08. The summed E-state index contributed by atoms with van der Waals surface area (Å²) in [4.78, 5) is 15.6. The van der Waals surface area contributed by atoms with Gasteiger partial charge in [-0.3, -0.25) is 4.98 Å². The number of pyridine rings is 1. The van der Waals surface area contributed by atoms with E-state index in [0.717, 1.165) is 0 Å². The Hall–Kier alpha value is -1.92. The predicted octanol–water partition coefficient (Wildman–Crippen LogP) is -0.299. The van der Waals surface area contributed by atoms with Crippen molar-refractivity contribution in [2.24, 2.45) is 0 Å². The fourth-order valence-electron chi connectivity index (χ4n) is 1.69. The molecule has 0 fully saturated rings. The molecule has 2 aromatic rings. The van der Waals surface area contributed by atoms with Crippen molar-refractivity contribution in [1.82, 2.24) is 4.98 Å². The van der Waals surface area contributed by atoms with Gasteiger partial charge in [0, 0.05) is 11.6 Å². The molecule has 0 aliphatic rings. The van der Waals surface area contributed by atoms with Gasteiger partial charge in [-0.05, 0) is 17.6 Å². The molecule has 1 aromatic heterocycles. The molecule has 17 heavy (non-hydrogen) atoms. The van der Waals surface area contributed by atoms with Crippen LogP contribution in [-0.4, -0.2) is 35.2 Å². The highest BCUT2D eigenvalue weighted by Crippen LogP contribution is 2.15. The molecule has 0 aliphatic carbocycles. The number of fused-ring (bicyclic) bond motifs is 1. The Balaban J connectivity index is 2.75. The number of carbonyl (C=O) groups excluding carboxylic acids is 1. The van der Waals surface area contributed by atoms with E-state index in [9.17, 15) is 14.8 Å². The molecule has 5 nitrogen and oxygen atoms in total. The van der Waals surface area contributed by atoms with E-state index < -0.39 is 13.1 Å². The van der Waals surface area contributed by atoms with Crippen LogP contribution in [-0.2, 0) is 4.74 Å². The zero-order chi connectivity index (χ0) is 12.4. The van der Waals surface area contributed by atoms with Gasteiger partial charge >= 0.3 is 13.1 Å². The first-order valence-electron chi connectivity index (χ1n) is 4.97. The molecular formula is C11H10BNO4. The van der Waals surface area contributed by atoms with Crippen LogP contribution in [0.5, 0.6) is 0 Å². The van der Waals surface area contributed by atoms with Crippen LogP contribution in [0, 0.1) is 0 Å². The van der Waals surface area contributed by atoms with Crippen LogP contribution in [0.2, 0.25) is 0 Å². The first-order chi connectivity index (χ1) is 8.15. The first kappa shape index (κ1) is 11.6. The molecule has 1 aromatic carbocycles. The van der Waals surface area contributed by atoms with Crippen molar-refractivity contribution in [1.29, 1.82) is 0 Å². The second kappa shape index (κ2) is 4.53. The van der Waals surface area contributed by atoms with E-state index in [1.54, 1.807) is 12.1 Å². The third-order valence-corrected chi connectivity index (χ3v) is 2.49. The smallest absolute Gasteiger partial charge is 0.465 e. The minimum Gasteiger partial charge on any atom is -0.465 e. The third kappa shape index (κ3) is 2.00. The molecule has 0 radical (unpaired) electrons. The lowest BCUT2D eigenvalue weighted by atomic mass is 9.77. The van der Waals surface area contributed by atoms with Gasteiger partial charge in [0.25, 0.3) is 0 Å². The number of esters is 1. The van der Waals surface area contributed by atoms with Gasteiger partial charge in [0.15, 0.2) is 0 Å². The van der Waals surface area contributed by atoms with Gasteiger partial charge in [0.05, 0.1) is 18.2 Å². The number of nitrogens with zero attached hydrogens (tertiary/aromatic N) is 1. The normalized spacial score (nSPS) is 10.3. The maximum Gasteiger partial charge on any atom is 0.489 e. The molecule has 2 rings (SSSR count). The molecule has 0 aliphatic heterocycles. The summed E-state index contributed by atoms with van der Waals surface area (Å²) < 4.78 is 4.64. The molecule has 2 N–H and O–H groups in total. The SMILES string of the molecule is COC(=O)c1ccc(B(O)O)c2cccnc12. The molecule has 0 saturated carbocycles. The summed E-state index contributed by atoms with van der Waals surface area (Å²) >= 11 is 0. The van der Waals surface area contributed by atoms with E-state index in [2.05, 4.69) is 9.72 Å². The fraction of sp³-hybridized carbons (Fsp3) is 0.0909. The van der Waals surface area contributed by atoms with Crippen molar-refractivity contribution in [2.45, 2.75) is 0 Å². The largest absolute Gasteiger partial charge is 0.489 e. The van der Waals surface area contributed by atoms with E-state index in [1.165, 1.54) is 25.4 Å². The number of benzene rings is 1. The third-order valence-electron chi connectivity index (χ3n) is 2.49. The highest BCUT2D eigenvalue weighted by Gasteiger charge is 2.19. The van der Waals surface area contributed by atoms with Crippen molar-refractivity contribution < 1.29 is 19.6 Å². The molecule has 86 valence electrons. The molecule has 0 atom stereocenters. The Morgan fingerprint density at radius 2 is 2.12 bits per heavy atom. The van der Waals surface area contributed by atoms with Crippen LogP contribution in [0.25, 0.3) is 10.9 Å². The highest BCUT2D eigenvalue weighted by atomic mass is 16.5. The van der Waals surface area contributed by atoms with Crippen molar-refractivity contribution in [3.05, 3.63) is 36.0 Å². The predicted molar refractivity (Wildman–Crippen MR) is 62.9 cm³/mol. The zero-order valence-electron chi connectivity index (χ0n) is 9.12. The van der Waals surface area contributed by atoms with Gasteiger partial charge < -0.3 is 14.8 Å². The molecule has 0 amide bonds. The molecule has 0 bridgehead atoms. The Bertz CT molecular complexity index is 570. The maximum absolute atomic E-state index is 11.5. The van der Waals surface area contributed by atoms with Crippen LogP contribution in [0.1, 0.15) is 10.4 Å². The van der Waals surface area contributed by atoms with Gasteiger partial charge in [0.2, 0.25) is 0 Å². The first-order valence-corrected chi connectivity index (χ1v) is 4.97. The number of ether oxygens (including phenoxy) is 1. The lowest BCUT2D eigenvalue weighted by Crippen LogP contribution is -2.31. The van der Waals surface area contributed by atoms with Crippen LogP contribution in [0.4, 0.5) is 0 Å². The second-order valence-corrected chi connectivity index (χ2v) is 3.47. The number of hydrogen-bond donors (Lipinski definition) is 2. The second-order valence-electron chi connectivity index (χ2n) is 3.47. The number of rotatable bonds is 2. The van der Waals surface area contributed by atoms with Crippen LogP contribution in [0.3, 0.4) is 0 Å². The quantitative estimate of drug-likeness (QED) is 0.548. The summed E-state index contributed by atoms with van der Waals surface area (Å²) in [6.07, 6.45) is 1.53.